The second-order valence-corrected chi connectivity index (χ2v) is 9.25. The van der Waals surface area contributed by atoms with Gasteiger partial charge in [-0.05, 0) is 59.8 Å². The van der Waals surface area contributed by atoms with Crippen LogP contribution < -0.4 is 20.2 Å². The van der Waals surface area contributed by atoms with Crippen LogP contribution in [-0.4, -0.2) is 13.1 Å². The Balaban J connectivity index is 1.85. The van der Waals surface area contributed by atoms with Crippen molar-refractivity contribution in [3.05, 3.63) is 62.4 Å². The molecule has 1 aliphatic carbocycles. The number of halogens is 4. The third-order valence-corrected chi connectivity index (χ3v) is 6.80. The number of hydrogen-bond acceptors (Lipinski definition) is 4. The maximum Gasteiger partial charge on any atom is 0.453 e. The van der Waals surface area contributed by atoms with Crippen molar-refractivity contribution in [2.24, 2.45) is 0 Å². The molecule has 1 N–H and O–H groups in total. The molecule has 1 aliphatic rings. The summed E-state index contributed by atoms with van der Waals surface area (Å²) in [5.41, 5.74) is -1.23. The van der Waals surface area contributed by atoms with Gasteiger partial charge in [0.1, 0.15) is 17.9 Å². The number of quaternary nitrogens is 1. The highest BCUT2D eigenvalue weighted by atomic mass is 79.9. The summed E-state index contributed by atoms with van der Waals surface area (Å²) in [6, 6.07) is 8.97. The molecular weight excluding hydrogens is 503 g/mol. The minimum absolute atomic E-state index is 0.0387. The van der Waals surface area contributed by atoms with Crippen molar-refractivity contribution >= 4 is 26.9 Å². The van der Waals surface area contributed by atoms with E-state index >= 15 is 0 Å². The first-order chi connectivity index (χ1) is 15.7. The lowest BCUT2D eigenvalue weighted by Gasteiger charge is -2.29. The van der Waals surface area contributed by atoms with E-state index in [9.17, 15) is 23.1 Å². The van der Waals surface area contributed by atoms with Gasteiger partial charge in [-0.3, -0.25) is 4.79 Å². The SMILES string of the molecule is C[NH+](Cc1c([O-])ccc2c(=O)c(Oc3ccccc3Br)c(C(F)(F)F)oc12)C1CCCCC1. The quantitative estimate of drug-likeness (QED) is 0.520. The Morgan fingerprint density at radius 3 is 2.52 bits per heavy atom. The lowest BCUT2D eigenvalue weighted by Crippen LogP contribution is -3.11. The average molecular weight is 526 g/mol. The number of para-hydroxylation sites is 1. The number of ether oxygens (including phenoxy) is 1. The molecule has 1 aromatic heterocycles. The fourth-order valence-corrected chi connectivity index (χ4v) is 4.75. The maximum absolute atomic E-state index is 13.9. The smallest absolute Gasteiger partial charge is 0.453 e. The summed E-state index contributed by atoms with van der Waals surface area (Å²) in [6.07, 6.45) is 0.325. The van der Waals surface area contributed by atoms with E-state index < -0.39 is 28.9 Å². The second kappa shape index (κ2) is 9.38. The first-order valence-electron chi connectivity index (χ1n) is 10.8. The number of alkyl halides is 3. The van der Waals surface area contributed by atoms with Gasteiger partial charge in [0, 0.05) is 5.56 Å². The monoisotopic (exact) mass is 525 g/mol. The van der Waals surface area contributed by atoms with Crippen molar-refractivity contribution in [2.45, 2.75) is 50.9 Å². The van der Waals surface area contributed by atoms with Crippen molar-refractivity contribution in [3.8, 4) is 17.2 Å². The number of nitrogens with one attached hydrogen (secondary N) is 1. The summed E-state index contributed by atoms with van der Waals surface area (Å²) in [4.78, 5) is 14.2. The predicted molar refractivity (Wildman–Crippen MR) is 119 cm³/mol. The van der Waals surface area contributed by atoms with Gasteiger partial charge in [-0.15, -0.1) is 0 Å². The fourth-order valence-electron chi connectivity index (χ4n) is 4.38. The molecule has 1 saturated carbocycles. The molecule has 0 saturated heterocycles. The van der Waals surface area contributed by atoms with Crippen molar-refractivity contribution in [2.75, 3.05) is 7.05 Å². The summed E-state index contributed by atoms with van der Waals surface area (Å²) in [6.45, 7) is 0.172. The van der Waals surface area contributed by atoms with Crippen LogP contribution in [0, 0.1) is 0 Å². The van der Waals surface area contributed by atoms with E-state index in [-0.39, 0.29) is 28.8 Å². The molecular formula is C24H23BrF3NO4. The largest absolute Gasteiger partial charge is 0.872 e. The third kappa shape index (κ3) is 4.89. The zero-order valence-electron chi connectivity index (χ0n) is 17.9. The third-order valence-electron chi connectivity index (χ3n) is 6.14. The fraction of sp³-hybridized carbons (Fsp3) is 0.375. The van der Waals surface area contributed by atoms with E-state index in [2.05, 4.69) is 15.9 Å². The van der Waals surface area contributed by atoms with E-state index in [0.717, 1.165) is 37.0 Å². The van der Waals surface area contributed by atoms with Gasteiger partial charge in [-0.1, -0.05) is 30.4 Å². The van der Waals surface area contributed by atoms with E-state index in [1.54, 1.807) is 18.2 Å². The molecule has 1 atom stereocenters. The Hall–Kier alpha value is -2.52. The highest BCUT2D eigenvalue weighted by molar-refractivity contribution is 9.10. The van der Waals surface area contributed by atoms with Crippen LogP contribution in [0.15, 0.2) is 50.1 Å². The number of fused-ring (bicyclic) bond motifs is 1. The molecule has 4 rings (SSSR count). The highest BCUT2D eigenvalue weighted by Crippen LogP contribution is 2.40. The molecule has 0 bridgehead atoms. The molecule has 3 aromatic rings. The lowest BCUT2D eigenvalue weighted by atomic mass is 9.94. The molecule has 1 unspecified atom stereocenters. The van der Waals surface area contributed by atoms with E-state index in [4.69, 9.17) is 9.15 Å². The van der Waals surface area contributed by atoms with Gasteiger partial charge in [0.05, 0.1) is 22.9 Å². The minimum atomic E-state index is -5.00. The highest BCUT2D eigenvalue weighted by Gasteiger charge is 2.41. The average Bonchev–Trinajstić information content (AvgIpc) is 2.78. The molecule has 2 aromatic carbocycles. The maximum atomic E-state index is 13.9. The van der Waals surface area contributed by atoms with Gasteiger partial charge in [-0.25, -0.2) is 0 Å². The summed E-state index contributed by atoms with van der Waals surface area (Å²) in [5, 5.41) is 12.5. The Bertz CT molecular complexity index is 1220. The summed E-state index contributed by atoms with van der Waals surface area (Å²) < 4.78 is 52.9. The molecule has 33 heavy (non-hydrogen) atoms. The van der Waals surface area contributed by atoms with Gasteiger partial charge in [-0.2, -0.15) is 13.2 Å². The first kappa shape index (κ1) is 23.6. The molecule has 0 spiro atoms. The molecule has 1 fully saturated rings. The van der Waals surface area contributed by atoms with Crippen LogP contribution in [0.3, 0.4) is 0 Å². The summed E-state index contributed by atoms with van der Waals surface area (Å²) in [7, 11) is 1.92. The Morgan fingerprint density at radius 2 is 1.85 bits per heavy atom. The molecule has 0 amide bonds. The van der Waals surface area contributed by atoms with Crippen molar-refractivity contribution in [1.82, 2.24) is 0 Å². The van der Waals surface area contributed by atoms with Gasteiger partial charge in [0.25, 0.3) is 5.76 Å². The van der Waals surface area contributed by atoms with E-state index in [1.807, 2.05) is 7.05 Å². The van der Waals surface area contributed by atoms with Gasteiger partial charge >= 0.3 is 6.18 Å². The molecule has 176 valence electrons. The number of benzene rings is 2. The molecule has 0 radical (unpaired) electrons. The summed E-state index contributed by atoms with van der Waals surface area (Å²) in [5.74, 6) is -2.93. The zero-order chi connectivity index (χ0) is 23.8. The number of rotatable bonds is 5. The number of hydrogen-bond donors (Lipinski definition) is 1. The summed E-state index contributed by atoms with van der Waals surface area (Å²) >= 11 is 3.21. The van der Waals surface area contributed by atoms with E-state index in [0.29, 0.717) is 10.5 Å². The van der Waals surface area contributed by atoms with Gasteiger partial charge < -0.3 is 19.2 Å². The van der Waals surface area contributed by atoms with Crippen LogP contribution in [0.4, 0.5) is 13.2 Å². The Morgan fingerprint density at radius 1 is 1.15 bits per heavy atom. The lowest BCUT2D eigenvalue weighted by molar-refractivity contribution is -0.921. The standard InChI is InChI=1S/C24H23BrF3NO4/c1-29(14-7-3-2-4-8-14)13-16-18(30)12-11-15-20(31)22(23(24(26,27)28)33-21(15)16)32-19-10-6-5-9-17(19)25/h5-6,9-12,14,30H,2-4,7-8,13H2,1H3. The van der Waals surface area contributed by atoms with Crippen LogP contribution in [0.5, 0.6) is 17.2 Å². The second-order valence-electron chi connectivity index (χ2n) is 8.40. The van der Waals surface area contributed by atoms with Gasteiger partial charge in [0.2, 0.25) is 11.2 Å². The molecule has 9 heteroatoms. The topological polar surface area (TPSA) is 66.9 Å². The van der Waals surface area contributed by atoms with Crippen LogP contribution in [0.1, 0.15) is 43.4 Å². The van der Waals surface area contributed by atoms with Crippen molar-refractivity contribution < 1.29 is 32.3 Å². The van der Waals surface area contributed by atoms with Gasteiger partial charge in [0.15, 0.2) is 0 Å². The minimum Gasteiger partial charge on any atom is -0.872 e. The van der Waals surface area contributed by atoms with Crippen LogP contribution in [0.25, 0.3) is 11.0 Å². The van der Waals surface area contributed by atoms with Crippen LogP contribution in [0.2, 0.25) is 0 Å². The Kier molecular flexibility index (Phi) is 6.72. The van der Waals surface area contributed by atoms with Crippen LogP contribution >= 0.6 is 15.9 Å². The van der Waals surface area contributed by atoms with Crippen molar-refractivity contribution in [3.63, 3.8) is 0 Å². The normalized spacial score (nSPS) is 16.2. The first-order valence-corrected chi connectivity index (χ1v) is 11.6. The molecule has 1 heterocycles. The Labute approximate surface area is 196 Å². The molecule has 0 aliphatic heterocycles. The van der Waals surface area contributed by atoms with Crippen molar-refractivity contribution in [1.29, 1.82) is 0 Å². The van der Waals surface area contributed by atoms with Crippen LogP contribution in [-0.2, 0) is 12.7 Å². The van der Waals surface area contributed by atoms with E-state index in [1.165, 1.54) is 18.2 Å². The molecule has 5 nitrogen and oxygen atoms in total. The predicted octanol–water partition coefficient (Wildman–Crippen LogP) is 4.79. The zero-order valence-corrected chi connectivity index (χ0v) is 19.5.